The molecule has 0 aliphatic heterocycles. The van der Waals surface area contributed by atoms with E-state index in [0.29, 0.717) is 37.4 Å². The van der Waals surface area contributed by atoms with Crippen LogP contribution in [0.15, 0.2) is 17.0 Å². The van der Waals surface area contributed by atoms with E-state index in [2.05, 4.69) is 19.6 Å². The van der Waals surface area contributed by atoms with Crippen molar-refractivity contribution in [3.8, 4) is 5.75 Å². The molecule has 1 aromatic rings. The fraction of sp³-hybridized carbons (Fsp3) is 0.556. The number of Topliss-reactive ketones (excluding diaryl/α,β-unsaturated/α-hetero) is 1. The molecule has 0 N–H and O–H groups in total. The Labute approximate surface area is 144 Å². The summed E-state index contributed by atoms with van der Waals surface area (Å²) in [5.74, 6) is 0.446. The zero-order chi connectivity index (χ0) is 17.2. The van der Waals surface area contributed by atoms with E-state index < -0.39 is 0 Å². The second-order valence-corrected chi connectivity index (χ2v) is 5.84. The molecular weight excluding hydrogens is 312 g/mol. The van der Waals surface area contributed by atoms with E-state index >= 15 is 0 Å². The van der Waals surface area contributed by atoms with Crippen LogP contribution < -0.4 is 4.74 Å². The van der Waals surface area contributed by atoms with Crippen molar-refractivity contribution in [2.75, 3.05) is 13.2 Å². The second-order valence-electron chi connectivity index (χ2n) is 5.36. The lowest BCUT2D eigenvalue weighted by atomic mass is 10.0. The summed E-state index contributed by atoms with van der Waals surface area (Å²) in [5.41, 5.74) is 1.57. The van der Waals surface area contributed by atoms with Crippen LogP contribution in [-0.2, 0) is 16.0 Å². The van der Waals surface area contributed by atoms with Crippen LogP contribution in [0.4, 0.5) is 0 Å². The second kappa shape index (κ2) is 10.3. The van der Waals surface area contributed by atoms with Gasteiger partial charge in [0.05, 0.1) is 18.8 Å². The lowest BCUT2D eigenvalue weighted by Crippen LogP contribution is -2.08. The van der Waals surface area contributed by atoms with Crippen LogP contribution >= 0.6 is 12.6 Å². The van der Waals surface area contributed by atoms with Gasteiger partial charge in [0.25, 0.3) is 0 Å². The predicted molar refractivity (Wildman–Crippen MR) is 93.7 cm³/mol. The van der Waals surface area contributed by atoms with Crippen LogP contribution in [-0.4, -0.2) is 25.0 Å². The van der Waals surface area contributed by atoms with Gasteiger partial charge in [-0.05, 0) is 45.2 Å². The predicted octanol–water partition coefficient (Wildman–Crippen LogP) is 4.24. The van der Waals surface area contributed by atoms with E-state index in [4.69, 9.17) is 9.47 Å². The lowest BCUT2D eigenvalue weighted by molar-refractivity contribution is -0.143. The van der Waals surface area contributed by atoms with Crippen LogP contribution in [0.3, 0.4) is 0 Å². The number of unbranched alkanes of at least 4 members (excludes halogenated alkanes) is 1. The number of benzene rings is 1. The number of hydrogen-bond donors (Lipinski definition) is 1. The SMILES string of the molecule is CCCc1c(S)ccc(C(C)=O)c1OCCCCC(=O)OCC. The standard InChI is InChI=1S/C18H26O4S/c1-4-8-15-16(23)11-10-14(13(3)19)18(15)22-12-7-6-9-17(20)21-5-2/h10-11,23H,4-9,12H2,1-3H3. The van der Waals surface area contributed by atoms with E-state index in [-0.39, 0.29) is 11.8 Å². The van der Waals surface area contributed by atoms with Crippen molar-refractivity contribution in [3.05, 3.63) is 23.3 Å². The van der Waals surface area contributed by atoms with E-state index in [1.165, 1.54) is 6.92 Å². The Balaban J connectivity index is 2.68. The average molecular weight is 338 g/mol. The van der Waals surface area contributed by atoms with Crippen LogP contribution in [0.5, 0.6) is 5.75 Å². The minimum absolute atomic E-state index is 0.0165. The average Bonchev–Trinajstić information content (AvgIpc) is 2.50. The van der Waals surface area contributed by atoms with Crippen molar-refractivity contribution in [1.29, 1.82) is 0 Å². The Morgan fingerprint density at radius 2 is 1.91 bits per heavy atom. The van der Waals surface area contributed by atoms with Crippen LogP contribution in [0.2, 0.25) is 0 Å². The summed E-state index contributed by atoms with van der Waals surface area (Å²) in [6.07, 6.45) is 3.61. The summed E-state index contributed by atoms with van der Waals surface area (Å²) in [6.45, 7) is 6.29. The number of thiol groups is 1. The Hall–Kier alpha value is -1.49. The first-order valence-electron chi connectivity index (χ1n) is 8.15. The molecule has 0 spiro atoms. The van der Waals surface area contributed by atoms with Gasteiger partial charge >= 0.3 is 5.97 Å². The fourth-order valence-corrected chi connectivity index (χ4v) is 2.62. The molecule has 1 rings (SSSR count). The third-order valence-electron chi connectivity index (χ3n) is 3.44. The van der Waals surface area contributed by atoms with E-state index in [0.717, 1.165) is 29.7 Å². The molecular formula is C18H26O4S. The summed E-state index contributed by atoms with van der Waals surface area (Å²) < 4.78 is 10.8. The summed E-state index contributed by atoms with van der Waals surface area (Å²) in [5, 5.41) is 0. The number of carbonyl (C=O) groups excluding carboxylic acids is 2. The molecule has 0 aliphatic carbocycles. The molecule has 0 aliphatic rings. The van der Waals surface area contributed by atoms with Crippen molar-refractivity contribution >= 4 is 24.4 Å². The van der Waals surface area contributed by atoms with Crippen LogP contribution in [0.1, 0.15) is 62.4 Å². The number of ether oxygens (including phenoxy) is 2. The number of esters is 1. The Morgan fingerprint density at radius 1 is 1.17 bits per heavy atom. The maximum absolute atomic E-state index is 11.8. The van der Waals surface area contributed by atoms with Crippen molar-refractivity contribution in [3.63, 3.8) is 0 Å². The van der Waals surface area contributed by atoms with E-state index in [1.54, 1.807) is 13.0 Å². The topological polar surface area (TPSA) is 52.6 Å². The number of hydrogen-bond acceptors (Lipinski definition) is 5. The number of ketones is 1. The molecule has 0 aromatic heterocycles. The Kier molecular flexibility index (Phi) is 8.77. The minimum atomic E-state index is -0.180. The van der Waals surface area contributed by atoms with Crippen molar-refractivity contribution in [1.82, 2.24) is 0 Å². The first kappa shape index (κ1) is 19.6. The number of carbonyl (C=O) groups is 2. The monoisotopic (exact) mass is 338 g/mol. The molecule has 23 heavy (non-hydrogen) atoms. The molecule has 0 amide bonds. The molecule has 0 atom stereocenters. The molecule has 128 valence electrons. The Morgan fingerprint density at radius 3 is 2.52 bits per heavy atom. The van der Waals surface area contributed by atoms with Gasteiger partial charge in [0.1, 0.15) is 5.75 Å². The molecule has 0 heterocycles. The summed E-state index contributed by atoms with van der Waals surface area (Å²) in [6, 6.07) is 3.61. The van der Waals surface area contributed by atoms with E-state index in [9.17, 15) is 9.59 Å². The van der Waals surface area contributed by atoms with E-state index in [1.807, 2.05) is 6.07 Å². The van der Waals surface area contributed by atoms with Gasteiger partial charge < -0.3 is 9.47 Å². The minimum Gasteiger partial charge on any atom is -0.493 e. The molecule has 5 heteroatoms. The van der Waals surface area contributed by atoms with Crippen molar-refractivity contribution in [2.45, 2.75) is 57.8 Å². The maximum Gasteiger partial charge on any atom is 0.305 e. The molecule has 0 fully saturated rings. The molecule has 4 nitrogen and oxygen atoms in total. The lowest BCUT2D eigenvalue weighted by Gasteiger charge is -2.16. The molecule has 1 aromatic carbocycles. The summed E-state index contributed by atoms with van der Waals surface area (Å²) >= 11 is 4.48. The largest absolute Gasteiger partial charge is 0.493 e. The highest BCUT2D eigenvalue weighted by Crippen LogP contribution is 2.31. The molecule has 0 saturated heterocycles. The van der Waals surface area contributed by atoms with Gasteiger partial charge in [-0.25, -0.2) is 0 Å². The highest BCUT2D eigenvalue weighted by molar-refractivity contribution is 7.80. The van der Waals surface area contributed by atoms with Crippen LogP contribution in [0.25, 0.3) is 0 Å². The molecule has 0 unspecified atom stereocenters. The zero-order valence-corrected chi connectivity index (χ0v) is 15.1. The first-order valence-corrected chi connectivity index (χ1v) is 8.60. The number of rotatable bonds is 10. The first-order chi connectivity index (χ1) is 11.0. The van der Waals surface area contributed by atoms with Gasteiger partial charge in [-0.3, -0.25) is 9.59 Å². The van der Waals surface area contributed by atoms with Crippen molar-refractivity contribution < 1.29 is 19.1 Å². The highest BCUT2D eigenvalue weighted by Gasteiger charge is 2.15. The van der Waals surface area contributed by atoms with Crippen LogP contribution in [0, 0.1) is 0 Å². The molecule has 0 radical (unpaired) electrons. The smallest absolute Gasteiger partial charge is 0.305 e. The zero-order valence-electron chi connectivity index (χ0n) is 14.2. The molecule has 0 saturated carbocycles. The third kappa shape index (κ3) is 6.26. The highest BCUT2D eigenvalue weighted by atomic mass is 32.1. The van der Waals surface area contributed by atoms with Gasteiger partial charge in [-0.15, -0.1) is 12.6 Å². The fourth-order valence-electron chi connectivity index (χ4n) is 2.33. The maximum atomic E-state index is 11.8. The van der Waals surface area contributed by atoms with Gasteiger partial charge in [0.15, 0.2) is 5.78 Å². The van der Waals surface area contributed by atoms with Gasteiger partial charge in [0, 0.05) is 16.9 Å². The van der Waals surface area contributed by atoms with Gasteiger partial charge in [-0.1, -0.05) is 13.3 Å². The molecule has 0 bridgehead atoms. The summed E-state index contributed by atoms with van der Waals surface area (Å²) in [7, 11) is 0. The van der Waals surface area contributed by atoms with Gasteiger partial charge in [-0.2, -0.15) is 0 Å². The third-order valence-corrected chi connectivity index (χ3v) is 3.86. The van der Waals surface area contributed by atoms with Gasteiger partial charge in [0.2, 0.25) is 0 Å². The Bertz CT molecular complexity index is 540. The quantitative estimate of drug-likeness (QED) is 0.300. The van der Waals surface area contributed by atoms with Crippen molar-refractivity contribution in [2.24, 2.45) is 0 Å². The normalized spacial score (nSPS) is 10.4. The summed E-state index contributed by atoms with van der Waals surface area (Å²) in [4.78, 5) is 23.9.